The Morgan fingerprint density at radius 1 is 1.09 bits per heavy atom. The summed E-state index contributed by atoms with van der Waals surface area (Å²) in [6.07, 6.45) is 1.68. The fraction of sp³-hybridized carbons (Fsp3) is 0.400. The molecule has 1 rings (SSSR count). The van der Waals surface area contributed by atoms with Gasteiger partial charge in [-0.25, -0.2) is 0 Å². The Bertz CT molecular complexity index is 218. The van der Waals surface area contributed by atoms with Crippen molar-refractivity contribution in [2.45, 2.75) is 26.7 Å². The van der Waals surface area contributed by atoms with E-state index in [1.807, 2.05) is 32.0 Å². The average molecular weight is 149 g/mol. The fourth-order valence-corrected chi connectivity index (χ4v) is 1.19. The summed E-state index contributed by atoms with van der Waals surface area (Å²) in [4.78, 5) is 0. The molecule has 11 heavy (non-hydrogen) atoms. The van der Waals surface area contributed by atoms with E-state index in [0.29, 0.717) is 0 Å². The number of hydrogen-bond donors (Lipinski definition) is 0. The Kier molecular flexibility index (Phi) is 2.53. The van der Waals surface area contributed by atoms with Crippen LogP contribution in [0.2, 0.25) is 0 Å². The van der Waals surface area contributed by atoms with E-state index in [2.05, 4.69) is 0 Å². The van der Waals surface area contributed by atoms with Crippen molar-refractivity contribution >= 4 is 0 Å². The van der Waals surface area contributed by atoms with Gasteiger partial charge in [0, 0.05) is 0 Å². The van der Waals surface area contributed by atoms with Crippen LogP contribution in [0.1, 0.15) is 25.0 Å². The number of hydrogen-bond acceptors (Lipinski definition) is 0. The van der Waals surface area contributed by atoms with Gasteiger partial charge in [0.25, 0.3) is 0 Å². The lowest BCUT2D eigenvalue weighted by atomic mass is 10.1. The van der Waals surface area contributed by atoms with E-state index in [9.17, 15) is 5.11 Å². The van der Waals surface area contributed by atoms with Crippen molar-refractivity contribution in [3.63, 3.8) is 0 Å². The van der Waals surface area contributed by atoms with Crippen LogP contribution in [-0.2, 0) is 17.9 Å². The van der Waals surface area contributed by atoms with Gasteiger partial charge >= 0.3 is 0 Å². The maximum atomic E-state index is 11.4. The zero-order chi connectivity index (χ0) is 8.27. The maximum absolute atomic E-state index is 11.4. The molecule has 0 fully saturated rings. The number of rotatable bonds is 2. The molecule has 0 saturated carbocycles. The molecule has 0 aliphatic rings. The molecule has 0 aliphatic heterocycles. The van der Waals surface area contributed by atoms with Crippen molar-refractivity contribution in [3.05, 3.63) is 29.3 Å². The van der Waals surface area contributed by atoms with Gasteiger partial charge in [-0.05, 0) is 24.0 Å². The molecule has 1 nitrogen and oxygen atoms in total. The summed E-state index contributed by atoms with van der Waals surface area (Å²) in [7, 11) is 0. The smallest absolute Gasteiger partial charge is 0.184 e. The van der Waals surface area contributed by atoms with Gasteiger partial charge in [0.2, 0.25) is 0 Å². The van der Waals surface area contributed by atoms with Gasteiger partial charge in [0.15, 0.2) is 5.75 Å². The minimum atomic E-state index is 0.234. The highest BCUT2D eigenvalue weighted by molar-refractivity contribution is 5.39. The third kappa shape index (κ3) is 1.53. The van der Waals surface area contributed by atoms with Crippen LogP contribution in [0.5, 0.6) is 5.75 Å². The lowest BCUT2D eigenvalue weighted by Gasteiger charge is -2.02. The van der Waals surface area contributed by atoms with Gasteiger partial charge in [-0.2, -0.15) is 0 Å². The average Bonchev–Trinajstić information content (AvgIpc) is 2.05. The van der Waals surface area contributed by atoms with Gasteiger partial charge in [0.1, 0.15) is 0 Å². The molecule has 59 valence electrons. The normalized spacial score (nSPS) is 10.0. The second-order valence-electron chi connectivity index (χ2n) is 2.61. The number of aryl methyl sites for hydroxylation is 2. The van der Waals surface area contributed by atoms with Crippen LogP contribution in [-0.4, -0.2) is 0 Å². The molecule has 0 N–H and O–H groups in total. The summed E-state index contributed by atoms with van der Waals surface area (Å²) in [5, 5.41) is 11.4. The number of benzene rings is 1. The van der Waals surface area contributed by atoms with Crippen molar-refractivity contribution < 1.29 is 5.11 Å². The first-order chi connectivity index (χ1) is 5.29. The fourth-order valence-electron chi connectivity index (χ4n) is 1.19. The van der Waals surface area contributed by atoms with Crippen LogP contribution in [0.3, 0.4) is 0 Å². The molecule has 0 bridgehead atoms. The van der Waals surface area contributed by atoms with Crippen molar-refractivity contribution in [2.75, 3.05) is 0 Å². The Balaban J connectivity index is 3.10. The first-order valence-electron chi connectivity index (χ1n) is 4.07. The molecule has 0 saturated heterocycles. The zero-order valence-electron chi connectivity index (χ0n) is 7.05. The summed E-state index contributed by atoms with van der Waals surface area (Å²) in [6, 6.07) is 5.77. The standard InChI is InChI=1S/C10H13O/c1-3-8-6-5-7-9(4-2)10(8)11/h5-7H,3-4H2,1-2H3. The summed E-state index contributed by atoms with van der Waals surface area (Å²) >= 11 is 0. The molecule has 1 aromatic rings. The minimum Gasteiger partial charge on any atom is -0.289 e. The predicted octanol–water partition coefficient (Wildman–Crippen LogP) is 2.96. The highest BCUT2D eigenvalue weighted by Crippen LogP contribution is 2.23. The summed E-state index contributed by atoms with van der Waals surface area (Å²) in [6.45, 7) is 4.02. The van der Waals surface area contributed by atoms with Crippen LogP contribution < -0.4 is 0 Å². The van der Waals surface area contributed by atoms with Crippen LogP contribution in [0.4, 0.5) is 0 Å². The van der Waals surface area contributed by atoms with E-state index < -0.39 is 0 Å². The van der Waals surface area contributed by atoms with Crippen molar-refractivity contribution in [2.24, 2.45) is 0 Å². The van der Waals surface area contributed by atoms with E-state index in [0.717, 1.165) is 24.0 Å². The van der Waals surface area contributed by atoms with Gasteiger partial charge in [0.05, 0.1) is 0 Å². The molecule has 0 amide bonds. The molecule has 0 spiro atoms. The van der Waals surface area contributed by atoms with Crippen molar-refractivity contribution in [3.8, 4) is 5.75 Å². The maximum Gasteiger partial charge on any atom is 0.184 e. The lowest BCUT2D eigenvalue weighted by molar-refractivity contribution is 0.346. The topological polar surface area (TPSA) is 19.9 Å². The molecule has 1 heteroatoms. The zero-order valence-corrected chi connectivity index (χ0v) is 7.05. The molecular formula is C10H13O. The summed E-state index contributed by atoms with van der Waals surface area (Å²) < 4.78 is 0. The van der Waals surface area contributed by atoms with E-state index in [1.54, 1.807) is 0 Å². The summed E-state index contributed by atoms with van der Waals surface area (Å²) in [5.41, 5.74) is 1.87. The Morgan fingerprint density at radius 3 is 1.91 bits per heavy atom. The Labute approximate surface area is 67.7 Å². The molecule has 1 aromatic carbocycles. The van der Waals surface area contributed by atoms with E-state index in [4.69, 9.17) is 0 Å². The SMILES string of the molecule is CCc1cccc(CC)c1[O]. The second-order valence-corrected chi connectivity index (χ2v) is 2.61. The largest absolute Gasteiger partial charge is 0.289 e. The lowest BCUT2D eigenvalue weighted by Crippen LogP contribution is -1.85. The quantitative estimate of drug-likeness (QED) is 0.616. The Hall–Kier alpha value is -0.980. The minimum absolute atomic E-state index is 0.234. The number of para-hydroxylation sites is 1. The molecule has 0 aromatic heterocycles. The third-order valence-electron chi connectivity index (χ3n) is 1.94. The first kappa shape index (κ1) is 8.12. The molecule has 0 unspecified atom stereocenters. The van der Waals surface area contributed by atoms with Crippen LogP contribution >= 0.6 is 0 Å². The van der Waals surface area contributed by atoms with Crippen LogP contribution in [0.15, 0.2) is 18.2 Å². The van der Waals surface area contributed by atoms with Crippen LogP contribution in [0, 0.1) is 0 Å². The van der Waals surface area contributed by atoms with Gasteiger partial charge < -0.3 is 0 Å². The molecule has 0 atom stereocenters. The van der Waals surface area contributed by atoms with Crippen molar-refractivity contribution in [1.29, 1.82) is 0 Å². The third-order valence-corrected chi connectivity index (χ3v) is 1.94. The van der Waals surface area contributed by atoms with Crippen LogP contribution in [0.25, 0.3) is 0 Å². The first-order valence-corrected chi connectivity index (χ1v) is 4.07. The van der Waals surface area contributed by atoms with Gasteiger partial charge in [-0.1, -0.05) is 32.0 Å². The Morgan fingerprint density at radius 2 is 1.55 bits per heavy atom. The summed E-state index contributed by atoms with van der Waals surface area (Å²) in [5.74, 6) is 0.234. The molecule has 1 radical (unpaired) electrons. The van der Waals surface area contributed by atoms with Gasteiger partial charge in [-0.15, -0.1) is 0 Å². The monoisotopic (exact) mass is 149 g/mol. The highest BCUT2D eigenvalue weighted by atomic mass is 16.3. The van der Waals surface area contributed by atoms with Crippen molar-refractivity contribution in [1.82, 2.24) is 0 Å². The van der Waals surface area contributed by atoms with E-state index >= 15 is 0 Å². The molecule has 0 aliphatic carbocycles. The van der Waals surface area contributed by atoms with Gasteiger partial charge in [-0.3, -0.25) is 5.11 Å². The van der Waals surface area contributed by atoms with E-state index in [-0.39, 0.29) is 5.75 Å². The predicted molar refractivity (Wildman–Crippen MR) is 45.3 cm³/mol. The highest BCUT2D eigenvalue weighted by Gasteiger charge is 2.04. The molecule has 0 heterocycles. The van der Waals surface area contributed by atoms with E-state index in [1.165, 1.54) is 0 Å². The molecular weight excluding hydrogens is 136 g/mol. The second kappa shape index (κ2) is 3.42.